The first-order valence-corrected chi connectivity index (χ1v) is 13.0. The van der Waals surface area contributed by atoms with Crippen LogP contribution in [0.4, 0.5) is 0 Å². The predicted molar refractivity (Wildman–Crippen MR) is 144 cm³/mol. The fourth-order valence-electron chi connectivity index (χ4n) is 4.43. The number of amides is 1. The molecule has 0 fully saturated rings. The first-order valence-electron chi connectivity index (χ1n) is 13.0. The summed E-state index contributed by atoms with van der Waals surface area (Å²) in [5.74, 6) is 0.689. The molecule has 2 bridgehead atoms. The molecule has 7 heteroatoms. The Kier molecular flexibility index (Phi) is 9.65. The van der Waals surface area contributed by atoms with Crippen LogP contribution in [0.1, 0.15) is 46.6 Å². The highest BCUT2D eigenvalue weighted by Crippen LogP contribution is 2.25. The van der Waals surface area contributed by atoms with Gasteiger partial charge in [-0.1, -0.05) is 44.2 Å². The van der Waals surface area contributed by atoms with E-state index < -0.39 is 0 Å². The third kappa shape index (κ3) is 7.86. The molecule has 7 nitrogen and oxygen atoms in total. The van der Waals surface area contributed by atoms with Gasteiger partial charge >= 0.3 is 0 Å². The van der Waals surface area contributed by atoms with Crippen molar-refractivity contribution in [1.82, 2.24) is 15.2 Å². The lowest BCUT2D eigenvalue weighted by Crippen LogP contribution is -2.41. The van der Waals surface area contributed by atoms with Crippen molar-refractivity contribution in [1.29, 1.82) is 0 Å². The third-order valence-corrected chi connectivity index (χ3v) is 6.58. The van der Waals surface area contributed by atoms with Gasteiger partial charge in [0.1, 0.15) is 12.4 Å². The van der Waals surface area contributed by atoms with Gasteiger partial charge in [0.25, 0.3) is 5.91 Å². The van der Waals surface area contributed by atoms with Crippen LogP contribution in [-0.4, -0.2) is 59.9 Å². The van der Waals surface area contributed by atoms with Gasteiger partial charge in [0.05, 0.1) is 31.6 Å². The number of hydrogen-bond acceptors (Lipinski definition) is 6. The molecule has 1 aliphatic rings. The minimum Gasteiger partial charge on any atom is -0.491 e. The van der Waals surface area contributed by atoms with Crippen molar-refractivity contribution in [2.75, 3.05) is 33.0 Å². The lowest BCUT2D eigenvalue weighted by Gasteiger charge is -2.23. The Balaban J connectivity index is 1.57. The van der Waals surface area contributed by atoms with E-state index in [0.717, 1.165) is 42.2 Å². The predicted octanol–water partition coefficient (Wildman–Crippen LogP) is 3.83. The second kappa shape index (κ2) is 13.3. The van der Waals surface area contributed by atoms with Crippen molar-refractivity contribution < 1.29 is 19.4 Å². The summed E-state index contributed by atoms with van der Waals surface area (Å²) in [6.45, 7) is 7.70. The molecule has 1 aliphatic heterocycles. The quantitative estimate of drug-likeness (QED) is 0.532. The SMILES string of the molecule is CC(C)[C@@H](CO)NC(=O)c1ccc2c(c1)Cc1cccc(c1)CN(Cc1ccccn1)CCOCCO2. The molecule has 2 aromatic carbocycles. The molecule has 196 valence electrons. The highest BCUT2D eigenvalue weighted by Gasteiger charge is 2.18. The summed E-state index contributed by atoms with van der Waals surface area (Å²) in [6, 6.07) is 19.8. The van der Waals surface area contributed by atoms with E-state index in [1.807, 2.05) is 50.4 Å². The van der Waals surface area contributed by atoms with Crippen molar-refractivity contribution in [2.24, 2.45) is 5.92 Å². The van der Waals surface area contributed by atoms with Crippen LogP contribution in [-0.2, 0) is 24.2 Å². The molecule has 0 aliphatic carbocycles. The van der Waals surface area contributed by atoms with Crippen LogP contribution in [0.3, 0.4) is 0 Å². The summed E-state index contributed by atoms with van der Waals surface area (Å²) in [5.41, 5.74) is 4.89. The number of nitrogens with zero attached hydrogens (tertiary/aromatic N) is 2. The number of aromatic nitrogens is 1. The minimum absolute atomic E-state index is 0.0956. The van der Waals surface area contributed by atoms with E-state index in [9.17, 15) is 9.90 Å². The molecule has 0 saturated heterocycles. The van der Waals surface area contributed by atoms with Crippen LogP contribution in [0.5, 0.6) is 5.75 Å². The normalized spacial score (nSPS) is 15.8. The van der Waals surface area contributed by atoms with Crippen LogP contribution in [0.15, 0.2) is 66.9 Å². The van der Waals surface area contributed by atoms with Crippen LogP contribution in [0.2, 0.25) is 0 Å². The summed E-state index contributed by atoms with van der Waals surface area (Å²) in [7, 11) is 0. The number of ether oxygens (including phenoxy) is 2. The Morgan fingerprint density at radius 2 is 1.92 bits per heavy atom. The Hall–Kier alpha value is -3.26. The summed E-state index contributed by atoms with van der Waals surface area (Å²) in [6.07, 6.45) is 2.46. The van der Waals surface area contributed by atoms with Gasteiger partial charge in [0.15, 0.2) is 0 Å². The van der Waals surface area contributed by atoms with Crippen molar-refractivity contribution in [3.63, 3.8) is 0 Å². The molecule has 0 spiro atoms. The second-order valence-electron chi connectivity index (χ2n) is 9.82. The number of hydrogen-bond donors (Lipinski definition) is 2. The van der Waals surface area contributed by atoms with Gasteiger partial charge in [-0.3, -0.25) is 14.7 Å². The zero-order chi connectivity index (χ0) is 26.0. The molecule has 0 unspecified atom stereocenters. The van der Waals surface area contributed by atoms with E-state index in [4.69, 9.17) is 9.47 Å². The highest BCUT2D eigenvalue weighted by atomic mass is 16.5. The zero-order valence-electron chi connectivity index (χ0n) is 21.7. The summed E-state index contributed by atoms with van der Waals surface area (Å²) in [4.78, 5) is 19.8. The number of pyridine rings is 1. The molecule has 1 atom stereocenters. The van der Waals surface area contributed by atoms with Gasteiger partial charge in [-0.05, 0) is 52.9 Å². The van der Waals surface area contributed by atoms with Crippen LogP contribution in [0, 0.1) is 5.92 Å². The van der Waals surface area contributed by atoms with E-state index in [0.29, 0.717) is 31.8 Å². The van der Waals surface area contributed by atoms with Crippen LogP contribution in [0.25, 0.3) is 0 Å². The number of fused-ring (bicyclic) bond motifs is 3. The summed E-state index contributed by atoms with van der Waals surface area (Å²) < 4.78 is 12.0. The maximum atomic E-state index is 12.9. The van der Waals surface area contributed by atoms with Crippen molar-refractivity contribution in [3.05, 3.63) is 94.8 Å². The Morgan fingerprint density at radius 3 is 2.70 bits per heavy atom. The fraction of sp³-hybridized carbons (Fsp3) is 0.400. The summed E-state index contributed by atoms with van der Waals surface area (Å²) >= 11 is 0. The number of carbonyl (C=O) groups is 1. The lowest BCUT2D eigenvalue weighted by molar-refractivity contribution is 0.0754. The smallest absolute Gasteiger partial charge is 0.251 e. The van der Waals surface area contributed by atoms with Gasteiger partial charge in [-0.25, -0.2) is 0 Å². The standard InChI is InChI=1S/C30H37N3O4/c1-22(2)28(21-34)32-30(35)25-9-10-29-26(18-25)17-23-6-5-7-24(16-23)19-33(12-13-36-14-15-37-29)20-27-8-3-4-11-31-27/h3-11,16,18,22,28,34H,12-15,17,19-21H2,1-2H3,(H,32,35)/t28-/m1/s1. The van der Waals surface area contributed by atoms with Crippen LogP contribution >= 0.6 is 0 Å². The van der Waals surface area contributed by atoms with Crippen molar-refractivity contribution in [3.8, 4) is 5.75 Å². The average Bonchev–Trinajstić information content (AvgIpc) is 2.90. The molecule has 1 amide bonds. The van der Waals surface area contributed by atoms with Gasteiger partial charge in [-0.2, -0.15) is 0 Å². The molecular formula is C30H37N3O4. The number of carbonyl (C=O) groups excluding carboxylic acids is 1. The zero-order valence-corrected chi connectivity index (χ0v) is 21.7. The topological polar surface area (TPSA) is 83.9 Å². The Morgan fingerprint density at radius 1 is 1.05 bits per heavy atom. The first-order chi connectivity index (χ1) is 18.0. The minimum atomic E-state index is -0.291. The molecular weight excluding hydrogens is 466 g/mol. The van der Waals surface area contributed by atoms with Crippen molar-refractivity contribution >= 4 is 5.91 Å². The molecule has 1 aromatic heterocycles. The second-order valence-corrected chi connectivity index (χ2v) is 9.82. The maximum absolute atomic E-state index is 12.9. The van der Waals surface area contributed by atoms with E-state index in [1.165, 1.54) is 5.56 Å². The number of aliphatic hydroxyl groups is 1. The van der Waals surface area contributed by atoms with E-state index in [2.05, 4.69) is 39.5 Å². The van der Waals surface area contributed by atoms with Crippen LogP contribution < -0.4 is 10.1 Å². The monoisotopic (exact) mass is 503 g/mol. The molecule has 2 N–H and O–H groups in total. The average molecular weight is 504 g/mol. The van der Waals surface area contributed by atoms with Gasteiger partial charge in [-0.15, -0.1) is 0 Å². The fourth-order valence-corrected chi connectivity index (χ4v) is 4.43. The first kappa shape index (κ1) is 26.8. The van der Waals surface area contributed by atoms with E-state index >= 15 is 0 Å². The summed E-state index contributed by atoms with van der Waals surface area (Å²) in [5, 5.41) is 12.6. The molecule has 3 aromatic rings. The third-order valence-electron chi connectivity index (χ3n) is 6.58. The molecule has 0 radical (unpaired) electrons. The number of rotatable bonds is 6. The van der Waals surface area contributed by atoms with Crippen molar-refractivity contribution in [2.45, 2.75) is 39.4 Å². The van der Waals surface area contributed by atoms with E-state index in [-0.39, 0.29) is 24.5 Å². The maximum Gasteiger partial charge on any atom is 0.251 e. The number of benzene rings is 2. The number of aliphatic hydroxyl groups excluding tert-OH is 1. The lowest BCUT2D eigenvalue weighted by atomic mass is 9.99. The van der Waals surface area contributed by atoms with Gasteiger partial charge in [0, 0.05) is 37.8 Å². The highest BCUT2D eigenvalue weighted by molar-refractivity contribution is 5.94. The largest absolute Gasteiger partial charge is 0.491 e. The Bertz CT molecular complexity index is 1150. The molecule has 2 heterocycles. The molecule has 37 heavy (non-hydrogen) atoms. The number of nitrogens with one attached hydrogen (secondary N) is 1. The Labute approximate surface area is 219 Å². The van der Waals surface area contributed by atoms with Gasteiger partial charge < -0.3 is 19.9 Å². The van der Waals surface area contributed by atoms with Gasteiger partial charge in [0.2, 0.25) is 0 Å². The van der Waals surface area contributed by atoms with E-state index in [1.54, 1.807) is 6.07 Å². The molecule has 4 rings (SSSR count). The molecule has 0 saturated carbocycles.